The Kier molecular flexibility index (Phi) is 2.69. The lowest BCUT2D eigenvalue weighted by atomic mass is 10.2. The Morgan fingerprint density at radius 2 is 1.25 bits per heavy atom. The maximum atomic E-state index is 2.37. The molecule has 0 amide bonds. The Morgan fingerprint density at radius 1 is 0.812 bits per heavy atom. The van der Waals surface area contributed by atoms with Crippen LogP contribution >= 0.6 is 0 Å². The summed E-state index contributed by atoms with van der Waals surface area (Å²) in [7, 11) is 0. The zero-order valence-electron chi connectivity index (χ0n) is 8.77. The molecule has 16 heavy (non-hydrogen) atoms. The van der Waals surface area contributed by atoms with Crippen molar-refractivity contribution in [3.8, 4) is 0 Å². The van der Waals surface area contributed by atoms with Gasteiger partial charge >= 0.3 is 0 Å². The Hall–Kier alpha value is -1.76. The van der Waals surface area contributed by atoms with E-state index in [2.05, 4.69) is 60.0 Å². The number of hydrogen-bond acceptors (Lipinski definition) is 0. The van der Waals surface area contributed by atoms with Gasteiger partial charge in [0.2, 0.25) is 0 Å². The van der Waals surface area contributed by atoms with Crippen molar-refractivity contribution < 1.29 is 0 Å². The number of aryl methyl sites for hydroxylation is 1. The molecule has 0 N–H and O–H groups in total. The molecule has 0 spiro atoms. The van der Waals surface area contributed by atoms with Crippen LogP contribution in [0.2, 0.25) is 0 Å². The highest BCUT2D eigenvalue weighted by Gasteiger charge is 2.06. The topological polar surface area (TPSA) is 4.93 Å². The molecule has 1 aromatic heterocycles. The zero-order valence-corrected chi connectivity index (χ0v) is 8.77. The van der Waals surface area contributed by atoms with E-state index in [0.717, 1.165) is 6.54 Å². The van der Waals surface area contributed by atoms with E-state index in [9.17, 15) is 0 Å². The minimum Gasteiger partial charge on any atom is -0.341 e. The van der Waals surface area contributed by atoms with E-state index in [4.69, 9.17) is 0 Å². The normalized spacial score (nSPS) is 10.6. The molecule has 0 bridgehead atoms. The van der Waals surface area contributed by atoms with Gasteiger partial charge in [0.15, 0.2) is 0 Å². The molecule has 0 radical (unpaired) electrons. The van der Waals surface area contributed by atoms with Crippen molar-refractivity contribution in [2.24, 2.45) is 0 Å². The van der Waals surface area contributed by atoms with E-state index in [0.29, 0.717) is 0 Å². The molecule has 0 fully saturated rings. The van der Waals surface area contributed by atoms with Crippen LogP contribution in [0.15, 0.2) is 48.5 Å². The van der Waals surface area contributed by atoms with Crippen LogP contribution in [0, 0.1) is 0 Å². The summed E-state index contributed by atoms with van der Waals surface area (Å²) >= 11 is 0. The summed E-state index contributed by atoms with van der Waals surface area (Å²) in [5.74, 6) is 0. The van der Waals surface area contributed by atoms with Gasteiger partial charge in [-0.05, 0) is 19.1 Å². The molecule has 1 heteroatoms. The molecular formula is C15H17N. The Labute approximate surface area is 96.3 Å². The lowest BCUT2D eigenvalue weighted by Gasteiger charge is -2.01. The fourth-order valence-electron chi connectivity index (χ4n) is 2.34. The summed E-state index contributed by atoms with van der Waals surface area (Å²) in [6.45, 7) is 3.22. The number of aromatic nitrogens is 1. The maximum Gasteiger partial charge on any atom is 0.0491 e. The van der Waals surface area contributed by atoms with Gasteiger partial charge in [0, 0.05) is 28.4 Å². The molecule has 1 nitrogen and oxygen atoms in total. The minimum atomic E-state index is 0. The summed E-state index contributed by atoms with van der Waals surface area (Å²) in [6, 6.07) is 17.2. The molecule has 1 heterocycles. The van der Waals surface area contributed by atoms with Crippen molar-refractivity contribution in [2.75, 3.05) is 0 Å². The summed E-state index contributed by atoms with van der Waals surface area (Å²) in [5.41, 5.74) is 2.67. The van der Waals surface area contributed by atoms with E-state index in [1.807, 2.05) is 0 Å². The van der Waals surface area contributed by atoms with Gasteiger partial charge in [0.05, 0.1) is 0 Å². The fraction of sp³-hybridized carbons (Fsp3) is 0.200. The average molecular weight is 211 g/mol. The lowest BCUT2D eigenvalue weighted by molar-refractivity contribution is 0.827. The van der Waals surface area contributed by atoms with Gasteiger partial charge in [-0.1, -0.05) is 43.8 Å². The van der Waals surface area contributed by atoms with Crippen LogP contribution in [-0.2, 0) is 6.54 Å². The quantitative estimate of drug-likeness (QED) is 0.560. The Morgan fingerprint density at radius 3 is 1.69 bits per heavy atom. The SMILES string of the molecule is C.CCn1c2ccccc2c2ccccc21. The number of nitrogens with zero attached hydrogens (tertiary/aromatic N) is 1. The van der Waals surface area contributed by atoms with E-state index in [1.54, 1.807) is 0 Å². The smallest absolute Gasteiger partial charge is 0.0491 e. The van der Waals surface area contributed by atoms with Crippen molar-refractivity contribution in [2.45, 2.75) is 20.9 Å². The number of para-hydroxylation sites is 2. The molecule has 0 unspecified atom stereocenters. The highest BCUT2D eigenvalue weighted by atomic mass is 15.0. The van der Waals surface area contributed by atoms with Crippen LogP contribution in [0.3, 0.4) is 0 Å². The summed E-state index contributed by atoms with van der Waals surface area (Å²) in [4.78, 5) is 0. The van der Waals surface area contributed by atoms with Crippen molar-refractivity contribution in [3.05, 3.63) is 48.5 Å². The summed E-state index contributed by atoms with van der Waals surface area (Å²) in [5, 5.41) is 2.71. The third kappa shape index (κ3) is 1.32. The first-order valence-corrected chi connectivity index (χ1v) is 5.38. The minimum absolute atomic E-state index is 0. The molecule has 0 atom stereocenters. The van der Waals surface area contributed by atoms with Crippen LogP contribution in [0.1, 0.15) is 14.4 Å². The molecule has 0 saturated heterocycles. The fourth-order valence-corrected chi connectivity index (χ4v) is 2.34. The van der Waals surface area contributed by atoms with Crippen molar-refractivity contribution in [1.29, 1.82) is 0 Å². The number of benzene rings is 2. The summed E-state index contributed by atoms with van der Waals surface area (Å²) in [6.07, 6.45) is 0. The first kappa shape index (κ1) is 10.7. The predicted molar refractivity (Wildman–Crippen MR) is 71.8 cm³/mol. The second-order valence-electron chi connectivity index (χ2n) is 3.78. The average Bonchev–Trinajstić information content (AvgIpc) is 2.63. The zero-order chi connectivity index (χ0) is 10.3. The molecule has 0 aliphatic heterocycles. The van der Waals surface area contributed by atoms with Gasteiger partial charge in [-0.25, -0.2) is 0 Å². The third-order valence-electron chi connectivity index (χ3n) is 3.00. The molecule has 2 aromatic carbocycles. The maximum absolute atomic E-state index is 2.37. The Bertz CT molecular complexity index is 566. The highest BCUT2D eigenvalue weighted by Crippen LogP contribution is 2.28. The molecule has 0 aliphatic carbocycles. The number of hydrogen-bond donors (Lipinski definition) is 0. The summed E-state index contributed by atoms with van der Waals surface area (Å²) < 4.78 is 2.37. The molecule has 3 rings (SSSR count). The van der Waals surface area contributed by atoms with Crippen LogP contribution < -0.4 is 0 Å². The van der Waals surface area contributed by atoms with Gasteiger partial charge in [0.1, 0.15) is 0 Å². The molecule has 0 saturated carbocycles. The van der Waals surface area contributed by atoms with Gasteiger partial charge in [-0.3, -0.25) is 0 Å². The largest absolute Gasteiger partial charge is 0.341 e. The molecule has 82 valence electrons. The molecular weight excluding hydrogens is 194 g/mol. The molecule has 0 aliphatic rings. The third-order valence-corrected chi connectivity index (χ3v) is 3.00. The van der Waals surface area contributed by atoms with Gasteiger partial charge in [-0.2, -0.15) is 0 Å². The molecule has 3 aromatic rings. The monoisotopic (exact) mass is 211 g/mol. The first-order chi connectivity index (χ1) is 7.42. The van der Waals surface area contributed by atoms with E-state index >= 15 is 0 Å². The van der Waals surface area contributed by atoms with Crippen molar-refractivity contribution in [3.63, 3.8) is 0 Å². The van der Waals surface area contributed by atoms with Crippen LogP contribution in [0.25, 0.3) is 21.8 Å². The van der Waals surface area contributed by atoms with E-state index in [-0.39, 0.29) is 7.43 Å². The predicted octanol–water partition coefficient (Wildman–Crippen LogP) is 4.45. The lowest BCUT2D eigenvalue weighted by Crippen LogP contribution is -1.91. The highest BCUT2D eigenvalue weighted by molar-refractivity contribution is 6.07. The number of fused-ring (bicyclic) bond motifs is 3. The van der Waals surface area contributed by atoms with Gasteiger partial charge < -0.3 is 4.57 Å². The van der Waals surface area contributed by atoms with Crippen LogP contribution in [0.5, 0.6) is 0 Å². The van der Waals surface area contributed by atoms with Gasteiger partial charge in [0.25, 0.3) is 0 Å². The van der Waals surface area contributed by atoms with Crippen LogP contribution in [-0.4, -0.2) is 4.57 Å². The van der Waals surface area contributed by atoms with Crippen molar-refractivity contribution in [1.82, 2.24) is 4.57 Å². The standard InChI is InChI=1S/C14H13N.CH4/c1-2-15-13-9-5-3-7-11(13)12-8-4-6-10-14(12)15;/h3-10H,2H2,1H3;1H4. The van der Waals surface area contributed by atoms with Crippen LogP contribution in [0.4, 0.5) is 0 Å². The van der Waals surface area contributed by atoms with Gasteiger partial charge in [-0.15, -0.1) is 0 Å². The van der Waals surface area contributed by atoms with E-state index in [1.165, 1.54) is 21.8 Å². The number of rotatable bonds is 1. The van der Waals surface area contributed by atoms with Crippen molar-refractivity contribution >= 4 is 21.8 Å². The second-order valence-corrected chi connectivity index (χ2v) is 3.78. The van der Waals surface area contributed by atoms with E-state index < -0.39 is 0 Å². The first-order valence-electron chi connectivity index (χ1n) is 5.38. The second kappa shape index (κ2) is 4.01. The Balaban J connectivity index is 0.000000963.